The Labute approximate surface area is 130 Å². The number of likely N-dealkylation sites (N-methyl/N-ethyl adjacent to an activating group) is 1. The molecule has 0 aromatic heterocycles. The molecule has 3 heteroatoms. The van der Waals surface area contributed by atoms with Gasteiger partial charge in [0.05, 0.1) is 5.60 Å². The van der Waals surface area contributed by atoms with E-state index >= 15 is 0 Å². The number of allylic oxidation sites excluding steroid dienone is 3. The monoisotopic (exact) mass is 295 g/mol. The van der Waals surface area contributed by atoms with Gasteiger partial charge >= 0.3 is 0 Å². The van der Waals surface area contributed by atoms with Crippen LogP contribution in [0.4, 0.5) is 0 Å². The summed E-state index contributed by atoms with van der Waals surface area (Å²) < 4.78 is 5.43. The third kappa shape index (κ3) is 11.3. The Balaban J connectivity index is 3.99. The Morgan fingerprint density at radius 2 is 2.05 bits per heavy atom. The van der Waals surface area contributed by atoms with Gasteiger partial charge < -0.3 is 10.1 Å². The molecule has 0 aromatic rings. The summed E-state index contributed by atoms with van der Waals surface area (Å²) in [6, 6.07) is 0. The van der Waals surface area contributed by atoms with Crippen molar-refractivity contribution in [3.8, 4) is 0 Å². The van der Waals surface area contributed by atoms with Gasteiger partial charge in [0.15, 0.2) is 0 Å². The minimum absolute atomic E-state index is 0.0124. The smallest absolute Gasteiger partial charge is 0.244 e. The lowest BCUT2D eigenvalue weighted by atomic mass is 9.95. The summed E-state index contributed by atoms with van der Waals surface area (Å²) >= 11 is 0. The predicted octanol–water partition coefficient (Wildman–Crippen LogP) is 4.25. The van der Waals surface area contributed by atoms with Crippen molar-refractivity contribution in [3.05, 3.63) is 23.8 Å². The van der Waals surface area contributed by atoms with Crippen LogP contribution in [-0.2, 0) is 9.53 Å². The highest BCUT2D eigenvalue weighted by molar-refractivity contribution is 5.88. The number of rotatable bonds is 10. The van der Waals surface area contributed by atoms with Gasteiger partial charge in [0, 0.05) is 19.7 Å². The highest BCUT2D eigenvalue weighted by Crippen LogP contribution is 2.20. The molecule has 0 spiro atoms. The number of hydrogen-bond donors (Lipinski definition) is 1. The molecule has 1 atom stereocenters. The first kappa shape index (κ1) is 19.9. The normalized spacial score (nSPS) is 14.5. The summed E-state index contributed by atoms with van der Waals surface area (Å²) in [6.07, 6.45) is 10.4. The van der Waals surface area contributed by atoms with Crippen LogP contribution in [-0.4, -0.2) is 25.2 Å². The van der Waals surface area contributed by atoms with Gasteiger partial charge in [-0.3, -0.25) is 4.79 Å². The summed E-state index contributed by atoms with van der Waals surface area (Å²) in [7, 11) is 1.77. The van der Waals surface area contributed by atoms with Gasteiger partial charge in [-0.05, 0) is 52.0 Å². The van der Waals surface area contributed by atoms with E-state index in [0.29, 0.717) is 12.5 Å². The minimum Gasteiger partial charge on any atom is -0.379 e. The van der Waals surface area contributed by atoms with E-state index in [4.69, 9.17) is 4.74 Å². The van der Waals surface area contributed by atoms with Crippen molar-refractivity contribution in [1.29, 1.82) is 0 Å². The van der Waals surface area contributed by atoms with Crippen LogP contribution in [0.1, 0.15) is 60.3 Å². The van der Waals surface area contributed by atoms with E-state index in [1.165, 1.54) is 12.8 Å². The quantitative estimate of drug-likeness (QED) is 0.483. The second-order valence-electron chi connectivity index (χ2n) is 6.38. The molecular weight excluding hydrogens is 262 g/mol. The van der Waals surface area contributed by atoms with Crippen molar-refractivity contribution < 1.29 is 9.53 Å². The first-order valence-corrected chi connectivity index (χ1v) is 7.98. The number of carbonyl (C=O) groups excluding carboxylic acids is 1. The van der Waals surface area contributed by atoms with Crippen LogP contribution in [0.5, 0.6) is 0 Å². The van der Waals surface area contributed by atoms with E-state index < -0.39 is 0 Å². The van der Waals surface area contributed by atoms with Gasteiger partial charge in [0.25, 0.3) is 0 Å². The molecule has 0 bridgehead atoms. The molecule has 1 amide bonds. The molecule has 0 radical (unpaired) electrons. The highest BCUT2D eigenvalue weighted by atomic mass is 16.5. The maximum absolute atomic E-state index is 11.4. The molecule has 21 heavy (non-hydrogen) atoms. The summed E-state index contributed by atoms with van der Waals surface area (Å²) in [5, 5.41) is 2.76. The van der Waals surface area contributed by atoms with E-state index in [0.717, 1.165) is 18.4 Å². The van der Waals surface area contributed by atoms with Crippen molar-refractivity contribution in [1.82, 2.24) is 5.32 Å². The zero-order valence-corrected chi connectivity index (χ0v) is 14.7. The van der Waals surface area contributed by atoms with Crippen LogP contribution in [0, 0.1) is 5.92 Å². The van der Waals surface area contributed by atoms with Crippen molar-refractivity contribution in [2.24, 2.45) is 5.92 Å². The summed E-state index contributed by atoms with van der Waals surface area (Å²) in [6.45, 7) is 11.1. The van der Waals surface area contributed by atoms with Crippen LogP contribution in [0.15, 0.2) is 23.8 Å². The molecule has 0 aromatic carbocycles. The molecule has 0 saturated carbocycles. The molecule has 0 saturated heterocycles. The molecule has 1 N–H and O–H groups in total. The zero-order chi connectivity index (χ0) is 16.3. The van der Waals surface area contributed by atoms with E-state index in [-0.39, 0.29) is 11.5 Å². The second-order valence-corrected chi connectivity index (χ2v) is 6.38. The summed E-state index contributed by atoms with van der Waals surface area (Å²) in [5.74, 6) is 0.640. The second kappa shape index (κ2) is 10.6. The fraction of sp³-hybridized carbons (Fsp3) is 0.722. The number of amides is 1. The van der Waals surface area contributed by atoms with Gasteiger partial charge in [0.2, 0.25) is 5.91 Å². The van der Waals surface area contributed by atoms with Crippen LogP contribution < -0.4 is 5.32 Å². The molecule has 0 heterocycles. The standard InChI is InChI=1S/C18H33NO2/c1-7-19-17(20)14-16(3)11-8-10-15(2)12-9-13-18(4,5)21-6/h8,11,14-15H,7,9-10,12-13H2,1-6H3,(H,19,20)/b11-8+,16-14+. The van der Waals surface area contributed by atoms with Gasteiger partial charge in [-0.25, -0.2) is 0 Å². The molecular formula is C18H33NO2. The minimum atomic E-state index is -0.0190. The van der Waals surface area contributed by atoms with Gasteiger partial charge in [0.1, 0.15) is 0 Å². The van der Waals surface area contributed by atoms with Crippen molar-refractivity contribution >= 4 is 5.91 Å². The SMILES string of the molecule is CCNC(=O)/C=C(C)/C=C/CC(C)CCCC(C)(C)OC. The zero-order valence-electron chi connectivity index (χ0n) is 14.7. The highest BCUT2D eigenvalue weighted by Gasteiger charge is 2.15. The Hall–Kier alpha value is -1.09. The van der Waals surface area contributed by atoms with Crippen LogP contribution in [0.25, 0.3) is 0 Å². The average molecular weight is 295 g/mol. The lowest BCUT2D eigenvalue weighted by molar-refractivity contribution is -0.116. The molecule has 0 aliphatic heterocycles. The Morgan fingerprint density at radius 1 is 1.38 bits per heavy atom. The molecule has 0 aliphatic carbocycles. The van der Waals surface area contributed by atoms with E-state index in [1.54, 1.807) is 13.2 Å². The van der Waals surface area contributed by atoms with Crippen molar-refractivity contribution in [3.63, 3.8) is 0 Å². The van der Waals surface area contributed by atoms with Crippen LogP contribution in [0.2, 0.25) is 0 Å². The summed E-state index contributed by atoms with van der Waals surface area (Å²) in [5.41, 5.74) is 0.982. The molecule has 1 unspecified atom stereocenters. The topological polar surface area (TPSA) is 38.3 Å². The van der Waals surface area contributed by atoms with E-state index in [9.17, 15) is 4.79 Å². The van der Waals surface area contributed by atoms with Gasteiger partial charge in [-0.1, -0.05) is 31.9 Å². The van der Waals surface area contributed by atoms with Gasteiger partial charge in [-0.2, -0.15) is 0 Å². The molecule has 0 aliphatic rings. The third-order valence-electron chi connectivity index (χ3n) is 3.66. The first-order chi connectivity index (χ1) is 9.80. The third-order valence-corrected chi connectivity index (χ3v) is 3.66. The predicted molar refractivity (Wildman–Crippen MR) is 90.3 cm³/mol. The van der Waals surface area contributed by atoms with E-state index in [1.807, 2.05) is 19.9 Å². The van der Waals surface area contributed by atoms with Crippen LogP contribution >= 0.6 is 0 Å². The van der Waals surface area contributed by atoms with Gasteiger partial charge in [-0.15, -0.1) is 0 Å². The molecule has 3 nitrogen and oxygen atoms in total. The largest absolute Gasteiger partial charge is 0.379 e. The lowest BCUT2D eigenvalue weighted by Gasteiger charge is -2.23. The Kier molecular flexibility index (Phi) is 10.1. The van der Waals surface area contributed by atoms with Crippen molar-refractivity contribution in [2.45, 2.75) is 65.9 Å². The average Bonchev–Trinajstić information content (AvgIpc) is 2.38. The molecule has 122 valence electrons. The fourth-order valence-electron chi connectivity index (χ4n) is 2.06. The molecule has 0 fully saturated rings. The number of nitrogens with one attached hydrogen (secondary N) is 1. The number of carbonyl (C=O) groups is 1. The maximum atomic E-state index is 11.4. The fourth-order valence-corrected chi connectivity index (χ4v) is 2.06. The lowest BCUT2D eigenvalue weighted by Crippen LogP contribution is -2.22. The van der Waals surface area contributed by atoms with E-state index in [2.05, 4.69) is 32.2 Å². The Morgan fingerprint density at radius 3 is 2.62 bits per heavy atom. The number of methoxy groups -OCH3 is 1. The Bertz CT molecular complexity index is 356. The number of hydrogen-bond acceptors (Lipinski definition) is 2. The maximum Gasteiger partial charge on any atom is 0.244 e. The first-order valence-electron chi connectivity index (χ1n) is 7.98. The van der Waals surface area contributed by atoms with Crippen LogP contribution in [0.3, 0.4) is 0 Å². The number of ether oxygens (including phenoxy) is 1. The molecule has 0 rings (SSSR count). The van der Waals surface area contributed by atoms with Crippen molar-refractivity contribution in [2.75, 3.05) is 13.7 Å². The summed E-state index contributed by atoms with van der Waals surface area (Å²) in [4.78, 5) is 11.4.